The van der Waals surface area contributed by atoms with Crippen LogP contribution < -0.4 is 0 Å². The summed E-state index contributed by atoms with van der Waals surface area (Å²) < 4.78 is 6.60. The van der Waals surface area contributed by atoms with Crippen molar-refractivity contribution in [3.63, 3.8) is 0 Å². The molecule has 0 spiro atoms. The average Bonchev–Trinajstić information content (AvgIpc) is 2.99. The zero-order chi connectivity index (χ0) is 14.5. The number of hydrogen-bond acceptors (Lipinski definition) is 7. The lowest BCUT2D eigenvalue weighted by Crippen LogP contribution is -2.12. The van der Waals surface area contributed by atoms with Crippen molar-refractivity contribution in [3.05, 3.63) is 17.2 Å². The van der Waals surface area contributed by atoms with Gasteiger partial charge in [-0.05, 0) is 18.6 Å². The van der Waals surface area contributed by atoms with E-state index in [0.717, 1.165) is 12.1 Å². The third-order valence-electron chi connectivity index (χ3n) is 2.63. The summed E-state index contributed by atoms with van der Waals surface area (Å²) in [5.41, 5.74) is 0.996. The Morgan fingerprint density at radius 3 is 2.65 bits per heavy atom. The molecule has 2 aromatic rings. The Bertz CT molecular complexity index is 589. The molecular weight excluding hydrogens is 262 g/mol. The van der Waals surface area contributed by atoms with Crippen molar-refractivity contribution in [1.82, 2.24) is 35.2 Å². The fraction of sp³-hybridized carbons (Fsp3) is 0.636. The zero-order valence-corrected chi connectivity index (χ0v) is 11.8. The van der Waals surface area contributed by atoms with Crippen molar-refractivity contribution in [1.29, 1.82) is 0 Å². The van der Waals surface area contributed by atoms with Crippen molar-refractivity contribution in [2.45, 2.75) is 33.2 Å². The van der Waals surface area contributed by atoms with Crippen molar-refractivity contribution in [2.24, 2.45) is 7.05 Å². The number of aromatic nitrogens is 7. The monoisotopic (exact) mass is 279 g/mol. The standard InChI is InChI=1S/C11H17N7O2/c1-4-6-8-10(11(19)20-5-2)13-16-18(8)7-9-12-15-17(3)14-9/h4-7H2,1-3H3. The van der Waals surface area contributed by atoms with Gasteiger partial charge in [0.1, 0.15) is 6.54 Å². The first-order chi connectivity index (χ1) is 9.65. The highest BCUT2D eigenvalue weighted by Crippen LogP contribution is 2.11. The first-order valence-corrected chi connectivity index (χ1v) is 6.48. The topological polar surface area (TPSA) is 101 Å². The van der Waals surface area contributed by atoms with Crippen LogP contribution in [0.5, 0.6) is 0 Å². The molecule has 0 aromatic carbocycles. The van der Waals surface area contributed by atoms with Gasteiger partial charge in [0.25, 0.3) is 0 Å². The lowest BCUT2D eigenvalue weighted by atomic mass is 10.2. The number of hydrogen-bond donors (Lipinski definition) is 0. The molecule has 0 N–H and O–H groups in total. The lowest BCUT2D eigenvalue weighted by molar-refractivity contribution is 0.0518. The molecule has 0 saturated heterocycles. The van der Waals surface area contributed by atoms with E-state index in [2.05, 4.69) is 25.7 Å². The minimum atomic E-state index is -0.450. The van der Waals surface area contributed by atoms with Crippen molar-refractivity contribution >= 4 is 5.97 Å². The predicted octanol–water partition coefficient (Wildman–Crippen LogP) is -0.0209. The molecule has 108 valence electrons. The van der Waals surface area contributed by atoms with Crippen LogP contribution in [0.2, 0.25) is 0 Å². The van der Waals surface area contributed by atoms with Gasteiger partial charge in [-0.25, -0.2) is 9.48 Å². The molecule has 20 heavy (non-hydrogen) atoms. The number of ether oxygens (including phenoxy) is 1. The summed E-state index contributed by atoms with van der Waals surface area (Å²) in [4.78, 5) is 13.2. The van der Waals surface area contributed by atoms with Crippen molar-refractivity contribution in [3.8, 4) is 0 Å². The normalized spacial score (nSPS) is 10.8. The van der Waals surface area contributed by atoms with E-state index in [0.29, 0.717) is 25.4 Å². The maximum atomic E-state index is 11.8. The van der Waals surface area contributed by atoms with Gasteiger partial charge in [-0.2, -0.15) is 4.80 Å². The first kappa shape index (κ1) is 14.1. The molecule has 0 unspecified atom stereocenters. The van der Waals surface area contributed by atoms with Crippen LogP contribution in [0.25, 0.3) is 0 Å². The van der Waals surface area contributed by atoms with E-state index in [9.17, 15) is 4.79 Å². The SMILES string of the molecule is CCCc1c(C(=O)OCC)nnn1Cc1nnn(C)n1. The molecule has 0 atom stereocenters. The van der Waals surface area contributed by atoms with Crippen LogP contribution >= 0.6 is 0 Å². The second kappa shape index (κ2) is 6.22. The molecule has 0 aliphatic rings. The van der Waals surface area contributed by atoms with Gasteiger partial charge in [0.15, 0.2) is 11.5 Å². The largest absolute Gasteiger partial charge is 0.461 e. The number of carbonyl (C=O) groups is 1. The van der Waals surface area contributed by atoms with E-state index in [4.69, 9.17) is 4.74 Å². The molecule has 0 amide bonds. The smallest absolute Gasteiger partial charge is 0.360 e. The van der Waals surface area contributed by atoms with Gasteiger partial charge >= 0.3 is 5.97 Å². The Morgan fingerprint density at radius 1 is 1.25 bits per heavy atom. The van der Waals surface area contributed by atoms with E-state index in [1.165, 1.54) is 4.80 Å². The number of rotatable bonds is 6. The molecule has 0 fully saturated rings. The minimum absolute atomic E-state index is 0.262. The molecule has 0 saturated carbocycles. The van der Waals surface area contributed by atoms with Crippen LogP contribution in [-0.4, -0.2) is 47.8 Å². The molecule has 2 rings (SSSR count). The quantitative estimate of drug-likeness (QED) is 0.685. The summed E-state index contributed by atoms with van der Waals surface area (Å²) in [5.74, 6) is 0.0690. The van der Waals surface area contributed by atoms with Crippen LogP contribution in [-0.2, 0) is 24.8 Å². The summed E-state index contributed by atoms with van der Waals surface area (Å²) >= 11 is 0. The Morgan fingerprint density at radius 2 is 2.05 bits per heavy atom. The van der Waals surface area contributed by atoms with Gasteiger partial charge in [0.2, 0.25) is 0 Å². The Kier molecular flexibility index (Phi) is 4.38. The summed E-state index contributed by atoms with van der Waals surface area (Å²) in [7, 11) is 1.69. The number of aryl methyl sites for hydroxylation is 1. The highest BCUT2D eigenvalue weighted by Gasteiger charge is 2.20. The molecule has 2 aromatic heterocycles. The maximum Gasteiger partial charge on any atom is 0.360 e. The minimum Gasteiger partial charge on any atom is -0.461 e. The van der Waals surface area contributed by atoms with Gasteiger partial charge in [-0.3, -0.25) is 0 Å². The van der Waals surface area contributed by atoms with E-state index in [1.54, 1.807) is 18.7 Å². The number of esters is 1. The lowest BCUT2D eigenvalue weighted by Gasteiger charge is -2.04. The van der Waals surface area contributed by atoms with Crippen LogP contribution in [0.15, 0.2) is 0 Å². The molecule has 0 aliphatic heterocycles. The van der Waals surface area contributed by atoms with Gasteiger partial charge < -0.3 is 4.74 Å². The van der Waals surface area contributed by atoms with Crippen molar-refractivity contribution in [2.75, 3.05) is 6.61 Å². The first-order valence-electron chi connectivity index (χ1n) is 6.48. The van der Waals surface area contributed by atoms with Gasteiger partial charge in [0.05, 0.1) is 19.3 Å². The van der Waals surface area contributed by atoms with Crippen LogP contribution in [0.1, 0.15) is 42.3 Å². The van der Waals surface area contributed by atoms with E-state index < -0.39 is 5.97 Å². The zero-order valence-electron chi connectivity index (χ0n) is 11.8. The summed E-state index contributed by atoms with van der Waals surface area (Å²) in [5, 5.41) is 19.7. The maximum absolute atomic E-state index is 11.8. The molecule has 0 bridgehead atoms. The fourth-order valence-electron chi connectivity index (χ4n) is 1.82. The van der Waals surface area contributed by atoms with E-state index in [-0.39, 0.29) is 5.69 Å². The third kappa shape index (κ3) is 2.98. The highest BCUT2D eigenvalue weighted by atomic mass is 16.5. The molecule has 2 heterocycles. The number of carbonyl (C=O) groups excluding carboxylic acids is 1. The van der Waals surface area contributed by atoms with Gasteiger partial charge in [0, 0.05) is 0 Å². The summed E-state index contributed by atoms with van der Waals surface area (Å²) in [6.07, 6.45) is 1.55. The number of nitrogens with zero attached hydrogens (tertiary/aromatic N) is 7. The molecular formula is C11H17N7O2. The summed E-state index contributed by atoms with van der Waals surface area (Å²) in [6.45, 7) is 4.41. The summed E-state index contributed by atoms with van der Waals surface area (Å²) in [6, 6.07) is 0. The molecule has 9 nitrogen and oxygen atoms in total. The van der Waals surface area contributed by atoms with Crippen LogP contribution in [0.3, 0.4) is 0 Å². The second-order valence-electron chi connectivity index (χ2n) is 4.21. The molecule has 0 aliphatic carbocycles. The highest BCUT2D eigenvalue weighted by molar-refractivity contribution is 5.88. The average molecular weight is 279 g/mol. The Labute approximate surface area is 115 Å². The molecule has 9 heteroatoms. The van der Waals surface area contributed by atoms with Gasteiger partial charge in [-0.1, -0.05) is 18.6 Å². The third-order valence-corrected chi connectivity index (χ3v) is 2.63. The van der Waals surface area contributed by atoms with Crippen LogP contribution in [0, 0.1) is 0 Å². The van der Waals surface area contributed by atoms with E-state index >= 15 is 0 Å². The van der Waals surface area contributed by atoms with Gasteiger partial charge in [-0.15, -0.1) is 15.3 Å². The Balaban J connectivity index is 2.26. The van der Waals surface area contributed by atoms with Crippen LogP contribution in [0.4, 0.5) is 0 Å². The number of tetrazole rings is 1. The van der Waals surface area contributed by atoms with Crippen molar-refractivity contribution < 1.29 is 9.53 Å². The fourth-order valence-corrected chi connectivity index (χ4v) is 1.82. The van der Waals surface area contributed by atoms with E-state index in [1.807, 2.05) is 6.92 Å². The molecule has 0 radical (unpaired) electrons. The second-order valence-corrected chi connectivity index (χ2v) is 4.21. The predicted molar refractivity (Wildman–Crippen MR) is 67.9 cm³/mol. The Hall–Kier alpha value is -2.32.